The topological polar surface area (TPSA) is 49.0 Å². The van der Waals surface area contributed by atoms with Gasteiger partial charge in [-0.2, -0.15) is 0 Å². The molecule has 114 valence electrons. The van der Waals surface area contributed by atoms with Gasteiger partial charge in [0, 0.05) is 29.8 Å². The van der Waals surface area contributed by atoms with Crippen molar-refractivity contribution in [3.05, 3.63) is 47.0 Å². The van der Waals surface area contributed by atoms with Gasteiger partial charge in [0.2, 0.25) is 5.91 Å². The molecular weight excluding hydrogens is 274 g/mol. The van der Waals surface area contributed by atoms with Crippen molar-refractivity contribution < 1.29 is 4.79 Å². The highest BCUT2D eigenvalue weighted by molar-refractivity contribution is 5.97. The molecule has 0 radical (unpaired) electrons. The Morgan fingerprint density at radius 3 is 3.00 bits per heavy atom. The summed E-state index contributed by atoms with van der Waals surface area (Å²) in [5.74, 6) is 1.30. The van der Waals surface area contributed by atoms with Crippen LogP contribution in [-0.4, -0.2) is 21.9 Å². The monoisotopic (exact) mass is 295 g/mol. The summed E-state index contributed by atoms with van der Waals surface area (Å²) in [6.45, 7) is 4.13. The minimum atomic E-state index is 0.0703. The molecule has 0 saturated carbocycles. The summed E-state index contributed by atoms with van der Waals surface area (Å²) in [4.78, 5) is 22.9. The van der Waals surface area contributed by atoms with Gasteiger partial charge in [-0.05, 0) is 44.7 Å². The number of benzene rings is 1. The maximum Gasteiger partial charge on any atom is 0.230 e. The van der Waals surface area contributed by atoms with Gasteiger partial charge in [-0.3, -0.25) is 4.79 Å². The Kier molecular flexibility index (Phi) is 3.06. The molecule has 0 spiro atoms. The fourth-order valence-corrected chi connectivity index (χ4v) is 3.93. The van der Waals surface area contributed by atoms with Crippen LogP contribution in [0.1, 0.15) is 36.1 Å². The second kappa shape index (κ2) is 4.97. The zero-order valence-corrected chi connectivity index (χ0v) is 13.1. The SMILES string of the molecule is Cc1nc2c([nH]1)C[C@@H](C(=O)N1c3ccccc3C[C@@H]1C)CC2. The second-order valence-corrected chi connectivity index (χ2v) is 6.58. The van der Waals surface area contributed by atoms with Gasteiger partial charge in [0.25, 0.3) is 0 Å². The van der Waals surface area contributed by atoms with Gasteiger partial charge in [-0.15, -0.1) is 0 Å². The van der Waals surface area contributed by atoms with Crippen LogP contribution in [0.3, 0.4) is 0 Å². The van der Waals surface area contributed by atoms with Crippen molar-refractivity contribution in [2.45, 2.75) is 45.6 Å². The highest BCUT2D eigenvalue weighted by atomic mass is 16.2. The van der Waals surface area contributed by atoms with Crippen molar-refractivity contribution in [1.29, 1.82) is 0 Å². The number of rotatable bonds is 1. The summed E-state index contributed by atoms with van der Waals surface area (Å²) in [7, 11) is 0. The second-order valence-electron chi connectivity index (χ2n) is 6.58. The molecule has 0 fully saturated rings. The summed E-state index contributed by atoms with van der Waals surface area (Å²) in [5.41, 5.74) is 4.70. The molecule has 1 aliphatic carbocycles. The molecule has 2 aliphatic rings. The lowest BCUT2D eigenvalue weighted by atomic mass is 9.88. The number of aryl methyl sites for hydroxylation is 2. The number of aromatic nitrogens is 2. The number of aromatic amines is 1. The van der Waals surface area contributed by atoms with Gasteiger partial charge in [0.05, 0.1) is 5.69 Å². The van der Waals surface area contributed by atoms with Crippen LogP contribution in [0.4, 0.5) is 5.69 Å². The van der Waals surface area contributed by atoms with E-state index in [1.54, 1.807) is 0 Å². The van der Waals surface area contributed by atoms with E-state index in [1.165, 1.54) is 5.56 Å². The quantitative estimate of drug-likeness (QED) is 0.879. The summed E-state index contributed by atoms with van der Waals surface area (Å²) < 4.78 is 0. The standard InChI is InChI=1S/C18H21N3O/c1-11-9-13-5-3-4-6-17(13)21(11)18(22)14-7-8-15-16(10-14)20-12(2)19-15/h3-6,11,14H,7-10H2,1-2H3,(H,19,20)/t11-,14-/m0/s1. The van der Waals surface area contributed by atoms with E-state index < -0.39 is 0 Å². The first-order valence-electron chi connectivity index (χ1n) is 8.09. The first-order chi connectivity index (χ1) is 10.6. The number of amides is 1. The summed E-state index contributed by atoms with van der Waals surface area (Å²) in [5, 5.41) is 0. The van der Waals surface area contributed by atoms with Crippen molar-refractivity contribution in [3.63, 3.8) is 0 Å². The maximum atomic E-state index is 13.1. The highest BCUT2D eigenvalue weighted by Crippen LogP contribution is 2.35. The van der Waals surface area contributed by atoms with E-state index in [4.69, 9.17) is 0 Å². The molecule has 0 unspecified atom stereocenters. The van der Waals surface area contributed by atoms with E-state index in [-0.39, 0.29) is 17.9 Å². The maximum absolute atomic E-state index is 13.1. The number of hydrogen-bond donors (Lipinski definition) is 1. The molecule has 1 amide bonds. The van der Waals surface area contributed by atoms with E-state index in [0.29, 0.717) is 0 Å². The van der Waals surface area contributed by atoms with Crippen LogP contribution in [0.25, 0.3) is 0 Å². The number of carbonyl (C=O) groups is 1. The zero-order chi connectivity index (χ0) is 15.3. The van der Waals surface area contributed by atoms with Crippen LogP contribution in [0.15, 0.2) is 24.3 Å². The molecule has 4 nitrogen and oxygen atoms in total. The van der Waals surface area contributed by atoms with Crippen molar-refractivity contribution in [1.82, 2.24) is 9.97 Å². The van der Waals surface area contributed by atoms with E-state index in [2.05, 4.69) is 35.1 Å². The minimum Gasteiger partial charge on any atom is -0.346 e. The molecule has 1 aromatic heterocycles. The predicted octanol–water partition coefficient (Wildman–Crippen LogP) is 2.80. The minimum absolute atomic E-state index is 0.0703. The molecule has 2 aromatic rings. The predicted molar refractivity (Wildman–Crippen MR) is 85.9 cm³/mol. The van der Waals surface area contributed by atoms with E-state index in [0.717, 1.165) is 48.6 Å². The lowest BCUT2D eigenvalue weighted by Crippen LogP contribution is -2.41. The van der Waals surface area contributed by atoms with Crippen LogP contribution in [0.5, 0.6) is 0 Å². The van der Waals surface area contributed by atoms with E-state index in [9.17, 15) is 4.79 Å². The summed E-state index contributed by atoms with van der Waals surface area (Å²) in [6.07, 6.45) is 3.56. The molecule has 2 atom stereocenters. The van der Waals surface area contributed by atoms with Gasteiger partial charge < -0.3 is 9.88 Å². The molecule has 4 heteroatoms. The van der Waals surface area contributed by atoms with Crippen molar-refractivity contribution >= 4 is 11.6 Å². The van der Waals surface area contributed by atoms with Crippen molar-refractivity contribution in [2.75, 3.05) is 4.90 Å². The number of carbonyl (C=O) groups excluding carboxylic acids is 1. The lowest BCUT2D eigenvalue weighted by Gasteiger charge is -2.29. The van der Waals surface area contributed by atoms with Crippen LogP contribution >= 0.6 is 0 Å². The van der Waals surface area contributed by atoms with Gasteiger partial charge in [0.15, 0.2) is 0 Å². The highest BCUT2D eigenvalue weighted by Gasteiger charge is 2.36. The molecule has 4 rings (SSSR count). The Balaban J connectivity index is 1.60. The third-order valence-electron chi connectivity index (χ3n) is 4.96. The van der Waals surface area contributed by atoms with Crippen LogP contribution in [-0.2, 0) is 24.1 Å². The average Bonchev–Trinajstić information content (AvgIpc) is 3.03. The van der Waals surface area contributed by atoms with Crippen LogP contribution in [0.2, 0.25) is 0 Å². The molecule has 0 bridgehead atoms. The van der Waals surface area contributed by atoms with E-state index >= 15 is 0 Å². The third-order valence-corrected chi connectivity index (χ3v) is 4.96. The first kappa shape index (κ1) is 13.6. The summed E-state index contributed by atoms with van der Waals surface area (Å²) in [6, 6.07) is 8.55. The molecular formula is C18H21N3O. The fourth-order valence-electron chi connectivity index (χ4n) is 3.93. The number of fused-ring (bicyclic) bond motifs is 2. The normalized spacial score (nSPS) is 23.3. The smallest absolute Gasteiger partial charge is 0.230 e. The lowest BCUT2D eigenvalue weighted by molar-refractivity contribution is -0.123. The number of para-hydroxylation sites is 1. The zero-order valence-electron chi connectivity index (χ0n) is 13.1. The fraction of sp³-hybridized carbons (Fsp3) is 0.444. The number of anilines is 1. The van der Waals surface area contributed by atoms with Crippen LogP contribution in [0, 0.1) is 12.8 Å². The number of H-pyrrole nitrogens is 1. The third kappa shape index (κ3) is 2.05. The van der Waals surface area contributed by atoms with Crippen molar-refractivity contribution in [2.24, 2.45) is 5.92 Å². The van der Waals surface area contributed by atoms with Gasteiger partial charge in [-0.1, -0.05) is 18.2 Å². The molecule has 1 aliphatic heterocycles. The van der Waals surface area contributed by atoms with Gasteiger partial charge >= 0.3 is 0 Å². The summed E-state index contributed by atoms with van der Waals surface area (Å²) >= 11 is 0. The molecule has 1 aromatic carbocycles. The van der Waals surface area contributed by atoms with Crippen molar-refractivity contribution in [3.8, 4) is 0 Å². The largest absolute Gasteiger partial charge is 0.346 e. The Bertz CT molecular complexity index is 734. The molecule has 22 heavy (non-hydrogen) atoms. The molecule has 2 heterocycles. The first-order valence-corrected chi connectivity index (χ1v) is 8.09. The number of nitrogens with zero attached hydrogens (tertiary/aromatic N) is 2. The Labute approximate surface area is 130 Å². The average molecular weight is 295 g/mol. The molecule has 1 N–H and O–H groups in total. The van der Waals surface area contributed by atoms with Gasteiger partial charge in [0.1, 0.15) is 5.82 Å². The van der Waals surface area contributed by atoms with E-state index in [1.807, 2.05) is 17.9 Å². The number of hydrogen-bond acceptors (Lipinski definition) is 2. The number of imidazole rings is 1. The number of nitrogens with one attached hydrogen (secondary N) is 1. The Hall–Kier alpha value is -2.10. The van der Waals surface area contributed by atoms with Gasteiger partial charge in [-0.25, -0.2) is 4.98 Å². The van der Waals surface area contributed by atoms with Crippen LogP contribution < -0.4 is 4.90 Å². The Morgan fingerprint density at radius 2 is 2.14 bits per heavy atom. The molecule has 0 saturated heterocycles. The Morgan fingerprint density at radius 1 is 1.32 bits per heavy atom.